The first kappa shape index (κ1) is 11.0. The second-order valence-electron chi connectivity index (χ2n) is 2.73. The van der Waals surface area contributed by atoms with Crippen LogP contribution in [0.5, 0.6) is 0 Å². The molecule has 1 rings (SSSR count). The van der Waals surface area contributed by atoms with E-state index in [1.807, 2.05) is 35.6 Å². The third-order valence-corrected chi connectivity index (χ3v) is 2.85. The topological polar surface area (TPSA) is 61.1 Å². The van der Waals surface area contributed by atoms with Crippen LogP contribution in [0, 0.1) is 14.9 Å². The number of nitriles is 1. The zero-order chi connectivity index (χ0) is 10.7. The Balaban J connectivity index is 3.54. The number of aromatic carboxylic acids is 1. The Hall–Kier alpha value is -1.09. The number of carboxylic acid groups (broad SMARTS) is 1. The third-order valence-electron chi connectivity index (χ3n) is 1.95. The lowest BCUT2D eigenvalue weighted by atomic mass is 10.0. The molecular weight excluding hydrogens is 293 g/mol. The monoisotopic (exact) mass is 301 g/mol. The van der Waals surface area contributed by atoms with E-state index in [1.165, 1.54) is 0 Å². The van der Waals surface area contributed by atoms with Gasteiger partial charge in [-0.05, 0) is 40.6 Å². The standard InChI is InChI=1S/C10H8INO2/c1-2-6-3-4-8(11)7(5-12)9(6)10(13)14/h3-4H,2H2,1H3,(H,13,14). The van der Waals surface area contributed by atoms with E-state index in [0.29, 0.717) is 15.6 Å². The SMILES string of the molecule is CCc1ccc(I)c(C#N)c1C(=O)O. The van der Waals surface area contributed by atoms with Crippen LogP contribution in [0.4, 0.5) is 0 Å². The molecule has 0 aliphatic rings. The number of aryl methyl sites for hydroxylation is 1. The molecule has 4 heteroatoms. The van der Waals surface area contributed by atoms with Gasteiger partial charge in [-0.25, -0.2) is 4.79 Å². The average molecular weight is 301 g/mol. The van der Waals surface area contributed by atoms with Gasteiger partial charge in [-0.15, -0.1) is 0 Å². The van der Waals surface area contributed by atoms with Gasteiger partial charge in [0.2, 0.25) is 0 Å². The van der Waals surface area contributed by atoms with E-state index < -0.39 is 5.97 Å². The molecular formula is C10H8INO2. The summed E-state index contributed by atoms with van der Waals surface area (Å²) in [6.45, 7) is 1.87. The van der Waals surface area contributed by atoms with Gasteiger partial charge in [0.25, 0.3) is 0 Å². The van der Waals surface area contributed by atoms with Gasteiger partial charge in [-0.2, -0.15) is 5.26 Å². The van der Waals surface area contributed by atoms with E-state index in [9.17, 15) is 4.79 Å². The van der Waals surface area contributed by atoms with E-state index in [4.69, 9.17) is 10.4 Å². The summed E-state index contributed by atoms with van der Waals surface area (Å²) < 4.78 is 0.680. The number of carboxylic acids is 1. The van der Waals surface area contributed by atoms with Crippen LogP contribution in [0.1, 0.15) is 28.4 Å². The second-order valence-corrected chi connectivity index (χ2v) is 3.89. The lowest BCUT2D eigenvalue weighted by Gasteiger charge is -2.06. The Morgan fingerprint density at radius 2 is 2.29 bits per heavy atom. The number of halogens is 1. The van der Waals surface area contributed by atoms with Gasteiger partial charge in [-0.1, -0.05) is 13.0 Å². The van der Waals surface area contributed by atoms with Crippen molar-refractivity contribution in [2.24, 2.45) is 0 Å². The van der Waals surface area contributed by atoms with Crippen molar-refractivity contribution in [3.8, 4) is 6.07 Å². The Bertz CT molecular complexity index is 421. The van der Waals surface area contributed by atoms with Crippen LogP contribution < -0.4 is 0 Å². The predicted octanol–water partition coefficient (Wildman–Crippen LogP) is 2.42. The van der Waals surface area contributed by atoms with Crippen LogP contribution in [0.3, 0.4) is 0 Å². The van der Waals surface area contributed by atoms with Crippen molar-refractivity contribution in [1.82, 2.24) is 0 Å². The van der Waals surface area contributed by atoms with Crippen LogP contribution >= 0.6 is 22.6 Å². The van der Waals surface area contributed by atoms with Gasteiger partial charge in [-0.3, -0.25) is 0 Å². The summed E-state index contributed by atoms with van der Waals surface area (Å²) in [5.41, 5.74) is 1.11. The first-order chi connectivity index (χ1) is 6.61. The minimum absolute atomic E-state index is 0.141. The van der Waals surface area contributed by atoms with E-state index in [1.54, 1.807) is 12.1 Å². The Morgan fingerprint density at radius 3 is 2.71 bits per heavy atom. The summed E-state index contributed by atoms with van der Waals surface area (Å²) in [7, 11) is 0. The molecule has 0 aliphatic heterocycles. The molecule has 0 atom stereocenters. The average Bonchev–Trinajstić information content (AvgIpc) is 2.17. The molecule has 0 aromatic heterocycles. The fourth-order valence-corrected chi connectivity index (χ4v) is 1.84. The Morgan fingerprint density at radius 1 is 1.64 bits per heavy atom. The molecule has 72 valence electrons. The smallest absolute Gasteiger partial charge is 0.337 e. The molecule has 0 aliphatic carbocycles. The number of nitrogens with zero attached hydrogens (tertiary/aromatic N) is 1. The van der Waals surface area contributed by atoms with Crippen molar-refractivity contribution in [2.45, 2.75) is 13.3 Å². The second kappa shape index (κ2) is 4.42. The Kier molecular flexibility index (Phi) is 3.47. The fraction of sp³-hybridized carbons (Fsp3) is 0.200. The molecule has 1 aromatic carbocycles. The van der Waals surface area contributed by atoms with Crippen molar-refractivity contribution in [3.63, 3.8) is 0 Å². The molecule has 14 heavy (non-hydrogen) atoms. The number of rotatable bonds is 2. The van der Waals surface area contributed by atoms with Crippen molar-refractivity contribution < 1.29 is 9.90 Å². The van der Waals surface area contributed by atoms with E-state index in [-0.39, 0.29) is 11.1 Å². The Labute approximate surface area is 95.5 Å². The first-order valence-electron chi connectivity index (χ1n) is 4.06. The minimum atomic E-state index is -1.03. The number of benzene rings is 1. The molecule has 3 nitrogen and oxygen atoms in total. The number of hydrogen-bond donors (Lipinski definition) is 1. The predicted molar refractivity (Wildman–Crippen MR) is 60.2 cm³/mol. The molecule has 0 saturated heterocycles. The highest BCUT2D eigenvalue weighted by atomic mass is 127. The molecule has 0 fully saturated rings. The first-order valence-corrected chi connectivity index (χ1v) is 5.14. The summed E-state index contributed by atoms with van der Waals surface area (Å²) in [4.78, 5) is 11.0. The van der Waals surface area contributed by atoms with Gasteiger partial charge in [0.1, 0.15) is 6.07 Å². The van der Waals surface area contributed by atoms with Gasteiger partial charge >= 0.3 is 5.97 Å². The molecule has 0 radical (unpaired) electrons. The van der Waals surface area contributed by atoms with Gasteiger partial charge in [0.15, 0.2) is 0 Å². The highest BCUT2D eigenvalue weighted by molar-refractivity contribution is 14.1. The van der Waals surface area contributed by atoms with Crippen molar-refractivity contribution in [3.05, 3.63) is 32.4 Å². The summed E-state index contributed by atoms with van der Waals surface area (Å²) in [6, 6.07) is 5.46. The summed E-state index contributed by atoms with van der Waals surface area (Å²) >= 11 is 1.97. The molecule has 0 saturated carbocycles. The van der Waals surface area contributed by atoms with Crippen LogP contribution in [0.15, 0.2) is 12.1 Å². The van der Waals surface area contributed by atoms with Crippen molar-refractivity contribution in [1.29, 1.82) is 5.26 Å². The molecule has 1 N–H and O–H groups in total. The van der Waals surface area contributed by atoms with Gasteiger partial charge in [0, 0.05) is 3.57 Å². The maximum absolute atomic E-state index is 11.0. The maximum Gasteiger partial charge on any atom is 0.337 e. The van der Waals surface area contributed by atoms with Crippen molar-refractivity contribution >= 4 is 28.6 Å². The maximum atomic E-state index is 11.0. The number of hydrogen-bond acceptors (Lipinski definition) is 2. The highest BCUT2D eigenvalue weighted by Crippen LogP contribution is 2.20. The van der Waals surface area contributed by atoms with Crippen LogP contribution in [-0.2, 0) is 6.42 Å². The molecule has 0 unspecified atom stereocenters. The van der Waals surface area contributed by atoms with Crippen LogP contribution in [0.2, 0.25) is 0 Å². The summed E-state index contributed by atoms with van der Waals surface area (Å²) in [5.74, 6) is -1.03. The van der Waals surface area contributed by atoms with E-state index in [2.05, 4.69) is 0 Å². The molecule has 1 aromatic rings. The number of carbonyl (C=O) groups is 1. The van der Waals surface area contributed by atoms with Gasteiger partial charge < -0.3 is 5.11 Å². The van der Waals surface area contributed by atoms with Crippen LogP contribution in [0.25, 0.3) is 0 Å². The summed E-state index contributed by atoms with van der Waals surface area (Å²) in [5, 5.41) is 17.8. The van der Waals surface area contributed by atoms with Crippen LogP contribution in [-0.4, -0.2) is 11.1 Å². The molecule has 0 spiro atoms. The van der Waals surface area contributed by atoms with Gasteiger partial charge in [0.05, 0.1) is 11.1 Å². The van der Waals surface area contributed by atoms with Crippen molar-refractivity contribution in [2.75, 3.05) is 0 Å². The zero-order valence-electron chi connectivity index (χ0n) is 7.54. The molecule has 0 amide bonds. The normalized spacial score (nSPS) is 9.50. The molecule has 0 heterocycles. The third kappa shape index (κ3) is 1.87. The minimum Gasteiger partial charge on any atom is -0.478 e. The lowest BCUT2D eigenvalue weighted by molar-refractivity contribution is 0.0695. The van der Waals surface area contributed by atoms with E-state index in [0.717, 1.165) is 0 Å². The quantitative estimate of drug-likeness (QED) is 0.853. The zero-order valence-corrected chi connectivity index (χ0v) is 9.70. The molecule has 0 bridgehead atoms. The fourth-order valence-electron chi connectivity index (χ4n) is 1.27. The lowest BCUT2D eigenvalue weighted by Crippen LogP contribution is -2.06. The highest BCUT2D eigenvalue weighted by Gasteiger charge is 2.16. The van der Waals surface area contributed by atoms with E-state index >= 15 is 0 Å². The largest absolute Gasteiger partial charge is 0.478 e. The summed E-state index contributed by atoms with van der Waals surface area (Å²) in [6.07, 6.45) is 0.618.